The molecule has 0 spiro atoms. The van der Waals surface area contributed by atoms with E-state index < -0.39 is 8.32 Å². The molecule has 0 aliphatic heterocycles. The third kappa shape index (κ3) is 10.2. The van der Waals surface area contributed by atoms with Crippen LogP contribution < -0.4 is 0 Å². The molecule has 0 bridgehead atoms. The van der Waals surface area contributed by atoms with Gasteiger partial charge in [-0.15, -0.1) is 13.2 Å². The van der Waals surface area contributed by atoms with Crippen molar-refractivity contribution in [2.45, 2.75) is 111 Å². The Morgan fingerprint density at radius 3 is 2.12 bits per heavy atom. The summed E-state index contributed by atoms with van der Waals surface area (Å²) < 4.78 is 18.4. The minimum Gasteiger partial charge on any atom is -0.458 e. The van der Waals surface area contributed by atoms with Crippen LogP contribution in [0.1, 0.15) is 74.1 Å². The maximum atomic E-state index is 12.4. The van der Waals surface area contributed by atoms with Crippen LogP contribution >= 0.6 is 0 Å². The lowest BCUT2D eigenvalue weighted by atomic mass is 9.92. The Bertz CT molecular complexity index is 616. The molecular formula is C27H50O4Si. The van der Waals surface area contributed by atoms with Crippen LogP contribution in [-0.2, 0) is 18.7 Å². The summed E-state index contributed by atoms with van der Waals surface area (Å²) in [6.07, 6.45) is 8.43. The molecule has 0 aliphatic carbocycles. The van der Waals surface area contributed by atoms with Gasteiger partial charge in [0.2, 0.25) is 0 Å². The van der Waals surface area contributed by atoms with Crippen LogP contribution in [0.25, 0.3) is 0 Å². The van der Waals surface area contributed by atoms with Crippen molar-refractivity contribution in [1.29, 1.82) is 0 Å². The smallest absolute Gasteiger partial charge is 0.306 e. The van der Waals surface area contributed by atoms with Crippen LogP contribution in [0, 0.1) is 11.8 Å². The van der Waals surface area contributed by atoms with Gasteiger partial charge < -0.3 is 13.9 Å². The quantitative estimate of drug-likeness (QED) is 0.109. The van der Waals surface area contributed by atoms with Crippen LogP contribution in [0.15, 0.2) is 37.0 Å². The van der Waals surface area contributed by atoms with E-state index in [-0.39, 0.29) is 41.2 Å². The van der Waals surface area contributed by atoms with Crippen LogP contribution in [0.2, 0.25) is 18.1 Å². The molecule has 5 heteroatoms. The molecule has 0 rings (SSSR count). The van der Waals surface area contributed by atoms with Crippen LogP contribution in [0.5, 0.6) is 0 Å². The summed E-state index contributed by atoms with van der Waals surface area (Å²) in [6, 6.07) is 0. The summed E-state index contributed by atoms with van der Waals surface area (Å²) in [7, 11) is -0.326. The third-order valence-electron chi connectivity index (χ3n) is 6.46. The van der Waals surface area contributed by atoms with Crippen molar-refractivity contribution in [3.63, 3.8) is 0 Å². The van der Waals surface area contributed by atoms with Gasteiger partial charge >= 0.3 is 5.97 Å². The fourth-order valence-corrected chi connectivity index (χ4v) is 4.86. The van der Waals surface area contributed by atoms with Gasteiger partial charge in [0, 0.05) is 19.4 Å². The zero-order chi connectivity index (χ0) is 25.1. The number of carbonyl (C=O) groups excluding carboxylic acids is 1. The average molecular weight is 467 g/mol. The predicted octanol–water partition coefficient (Wildman–Crippen LogP) is 7.47. The average Bonchev–Trinajstić information content (AvgIpc) is 2.68. The molecule has 0 aromatic carbocycles. The molecule has 4 atom stereocenters. The monoisotopic (exact) mass is 466 g/mol. The Hall–Kier alpha value is -1.17. The normalized spacial score (nSPS) is 16.9. The molecule has 0 aromatic heterocycles. The first kappa shape index (κ1) is 30.8. The minimum absolute atomic E-state index is 0.0691. The van der Waals surface area contributed by atoms with Crippen LogP contribution in [0.4, 0.5) is 0 Å². The maximum Gasteiger partial charge on any atom is 0.306 e. The summed E-state index contributed by atoms with van der Waals surface area (Å²) in [5, 5.41) is 0.0881. The van der Waals surface area contributed by atoms with Gasteiger partial charge in [-0.1, -0.05) is 59.8 Å². The van der Waals surface area contributed by atoms with Crippen molar-refractivity contribution in [3.05, 3.63) is 37.0 Å². The molecule has 0 N–H and O–H groups in total. The van der Waals surface area contributed by atoms with E-state index in [1.165, 1.54) is 0 Å². The highest BCUT2D eigenvalue weighted by Gasteiger charge is 2.41. The van der Waals surface area contributed by atoms with Crippen molar-refractivity contribution >= 4 is 14.3 Å². The first-order valence-electron chi connectivity index (χ1n) is 12.0. The largest absolute Gasteiger partial charge is 0.458 e. The summed E-state index contributed by atoms with van der Waals surface area (Å²) >= 11 is 0. The molecule has 0 radical (unpaired) electrons. The highest BCUT2D eigenvalue weighted by molar-refractivity contribution is 6.74. The van der Waals surface area contributed by atoms with E-state index in [1.807, 2.05) is 19.1 Å². The van der Waals surface area contributed by atoms with Gasteiger partial charge in [-0.2, -0.15) is 0 Å². The van der Waals surface area contributed by atoms with Crippen molar-refractivity contribution < 1.29 is 18.7 Å². The molecule has 186 valence electrons. The number of unbranched alkanes of at least 4 members (excludes halogenated alkanes) is 2. The number of ether oxygens (including phenoxy) is 2. The van der Waals surface area contributed by atoms with E-state index in [4.69, 9.17) is 13.9 Å². The van der Waals surface area contributed by atoms with Crippen molar-refractivity contribution in [1.82, 2.24) is 0 Å². The summed E-state index contributed by atoms with van der Waals surface area (Å²) in [6.45, 7) is 27.3. The van der Waals surface area contributed by atoms with E-state index in [0.717, 1.165) is 24.8 Å². The highest BCUT2D eigenvalue weighted by atomic mass is 28.4. The first-order valence-corrected chi connectivity index (χ1v) is 14.9. The third-order valence-corrected chi connectivity index (χ3v) is 10.9. The Morgan fingerprint density at radius 1 is 1.09 bits per heavy atom. The van der Waals surface area contributed by atoms with Gasteiger partial charge in [0.15, 0.2) is 8.32 Å². The van der Waals surface area contributed by atoms with E-state index in [0.29, 0.717) is 6.42 Å². The molecule has 0 aromatic rings. The Kier molecular flexibility index (Phi) is 13.6. The molecule has 0 heterocycles. The SMILES string of the molecule is C=CCCCCC(=O)O[C@@H](/C(C)=C\[C@@H](C)[C@H](O[Si](C)(C)C(C)(C)C)[C@H](C=C)OC)C(C)C. The molecule has 0 fully saturated rings. The Labute approximate surface area is 199 Å². The van der Waals surface area contributed by atoms with Gasteiger partial charge in [0.1, 0.15) is 12.2 Å². The number of methoxy groups -OCH3 is 1. The zero-order valence-corrected chi connectivity index (χ0v) is 23.5. The molecular weight excluding hydrogens is 416 g/mol. The van der Waals surface area contributed by atoms with Gasteiger partial charge in [0.05, 0.1) is 6.10 Å². The number of allylic oxidation sites excluding steroid dienone is 1. The second-order valence-corrected chi connectivity index (χ2v) is 15.5. The molecule has 0 unspecified atom stereocenters. The molecule has 4 nitrogen and oxygen atoms in total. The lowest BCUT2D eigenvalue weighted by Gasteiger charge is -2.42. The van der Waals surface area contributed by atoms with Crippen molar-refractivity contribution in [2.24, 2.45) is 11.8 Å². The summed E-state index contributed by atoms with van der Waals surface area (Å²) in [4.78, 5) is 12.4. The fraction of sp³-hybridized carbons (Fsp3) is 0.741. The van der Waals surface area contributed by atoms with Crippen molar-refractivity contribution in [2.75, 3.05) is 7.11 Å². The maximum absolute atomic E-state index is 12.4. The Balaban J connectivity index is 5.61. The molecule has 0 amide bonds. The zero-order valence-electron chi connectivity index (χ0n) is 22.5. The molecule has 0 aliphatic rings. The summed E-state index contributed by atoms with van der Waals surface area (Å²) in [5.74, 6) is 0.121. The van der Waals surface area contributed by atoms with Crippen LogP contribution in [0.3, 0.4) is 0 Å². The highest BCUT2D eigenvalue weighted by Crippen LogP contribution is 2.39. The summed E-state index contributed by atoms with van der Waals surface area (Å²) in [5.41, 5.74) is 1.05. The van der Waals surface area contributed by atoms with E-state index in [2.05, 4.69) is 73.9 Å². The second kappa shape index (κ2) is 14.2. The number of esters is 1. The topological polar surface area (TPSA) is 44.8 Å². The number of hydrogen-bond donors (Lipinski definition) is 0. The number of hydrogen-bond acceptors (Lipinski definition) is 4. The van der Waals surface area contributed by atoms with E-state index in [1.54, 1.807) is 7.11 Å². The van der Waals surface area contributed by atoms with E-state index >= 15 is 0 Å². The number of rotatable bonds is 15. The Morgan fingerprint density at radius 2 is 1.69 bits per heavy atom. The minimum atomic E-state index is -2.02. The van der Waals surface area contributed by atoms with Gasteiger partial charge in [-0.05, 0) is 55.8 Å². The standard InChI is InChI=1S/C27H50O4Si/c1-13-15-16-17-18-24(28)30-25(20(3)4)21(5)19-22(6)26(23(14-2)29-10)31-32(11,12)27(7,8)9/h13-14,19-20,22-23,25-26H,1-2,15-18H2,3-12H3/b21-19-/t22-,23+,25-,26+/m1/s1. The lowest BCUT2D eigenvalue weighted by Crippen LogP contribution is -2.49. The molecule has 0 saturated heterocycles. The van der Waals surface area contributed by atoms with Crippen LogP contribution in [-0.4, -0.2) is 39.7 Å². The lowest BCUT2D eigenvalue weighted by molar-refractivity contribution is -0.149. The van der Waals surface area contributed by atoms with Gasteiger partial charge in [0.25, 0.3) is 0 Å². The molecule has 32 heavy (non-hydrogen) atoms. The second-order valence-electron chi connectivity index (χ2n) is 10.7. The number of carbonyl (C=O) groups is 1. The predicted molar refractivity (Wildman–Crippen MR) is 139 cm³/mol. The van der Waals surface area contributed by atoms with E-state index in [9.17, 15) is 4.79 Å². The fourth-order valence-electron chi connectivity index (χ4n) is 3.47. The molecule has 0 saturated carbocycles. The van der Waals surface area contributed by atoms with Crippen molar-refractivity contribution in [3.8, 4) is 0 Å². The van der Waals surface area contributed by atoms with Gasteiger partial charge in [-0.3, -0.25) is 4.79 Å². The van der Waals surface area contributed by atoms with Gasteiger partial charge in [-0.25, -0.2) is 0 Å². The first-order chi connectivity index (χ1) is 14.7.